The van der Waals surface area contributed by atoms with Crippen molar-refractivity contribution in [3.05, 3.63) is 126 Å². The number of hydrogen-bond donors (Lipinski definition) is 0. The fourth-order valence-corrected chi connectivity index (χ4v) is 5.72. The molecule has 0 N–H and O–H groups in total. The number of aromatic nitrogens is 1. The summed E-state index contributed by atoms with van der Waals surface area (Å²) in [7, 11) is 0. The summed E-state index contributed by atoms with van der Waals surface area (Å²) in [4.78, 5) is 4.82. The zero-order valence-corrected chi connectivity index (χ0v) is 15.8. The van der Waals surface area contributed by atoms with Gasteiger partial charge in [-0.05, 0) is 45.0 Å². The highest BCUT2D eigenvalue weighted by Gasteiger charge is 2.52. The molecule has 0 radical (unpaired) electrons. The Bertz CT molecular complexity index is 1400. The van der Waals surface area contributed by atoms with Gasteiger partial charge in [0.2, 0.25) is 0 Å². The van der Waals surface area contributed by atoms with Gasteiger partial charge in [-0.25, -0.2) is 0 Å². The van der Waals surface area contributed by atoms with E-state index in [2.05, 4.69) is 103 Å². The topological polar surface area (TPSA) is 12.9 Å². The fourth-order valence-electron chi connectivity index (χ4n) is 5.72. The van der Waals surface area contributed by atoms with Crippen molar-refractivity contribution in [3.63, 3.8) is 0 Å². The molecule has 1 nitrogen and oxygen atoms in total. The molecule has 0 saturated heterocycles. The molecule has 0 saturated carbocycles. The van der Waals surface area contributed by atoms with Crippen molar-refractivity contribution in [2.45, 2.75) is 5.41 Å². The lowest BCUT2D eigenvalue weighted by Crippen LogP contribution is -2.26. The van der Waals surface area contributed by atoms with E-state index in [1.807, 2.05) is 0 Å². The Morgan fingerprint density at radius 3 is 1.59 bits per heavy atom. The SMILES string of the molecule is c1ccc2c(c1)-c1ccccc1C21c2ccccc2-c2cnc3ccccc3c21. The molecular weight excluding hydrogens is 350 g/mol. The molecule has 0 atom stereocenters. The Hall–Kier alpha value is -3.71. The number of rotatable bonds is 0. The summed E-state index contributed by atoms with van der Waals surface area (Å²) < 4.78 is 0. The Kier molecular flexibility index (Phi) is 2.74. The number of hydrogen-bond acceptors (Lipinski definition) is 1. The van der Waals surface area contributed by atoms with E-state index < -0.39 is 0 Å². The minimum absolute atomic E-state index is 0.290. The third-order valence-electron chi connectivity index (χ3n) is 6.72. The molecule has 1 aromatic heterocycles. The molecule has 0 bridgehead atoms. The first-order chi connectivity index (χ1) is 14.4. The van der Waals surface area contributed by atoms with Gasteiger partial charge in [-0.15, -0.1) is 0 Å². The zero-order chi connectivity index (χ0) is 19.0. The monoisotopic (exact) mass is 367 g/mol. The van der Waals surface area contributed by atoms with Crippen molar-refractivity contribution in [1.29, 1.82) is 0 Å². The van der Waals surface area contributed by atoms with Gasteiger partial charge in [0, 0.05) is 17.1 Å². The van der Waals surface area contributed by atoms with Crippen LogP contribution in [0, 0.1) is 0 Å². The molecule has 134 valence electrons. The highest BCUT2D eigenvalue weighted by molar-refractivity contribution is 6.02. The number of benzene rings is 4. The molecular formula is C28H17N. The van der Waals surface area contributed by atoms with Gasteiger partial charge in [-0.2, -0.15) is 0 Å². The van der Waals surface area contributed by atoms with Gasteiger partial charge in [0.05, 0.1) is 10.9 Å². The van der Waals surface area contributed by atoms with Crippen LogP contribution >= 0.6 is 0 Å². The Morgan fingerprint density at radius 2 is 0.966 bits per heavy atom. The van der Waals surface area contributed by atoms with Crippen molar-refractivity contribution in [2.24, 2.45) is 0 Å². The molecule has 1 heteroatoms. The van der Waals surface area contributed by atoms with Gasteiger partial charge in [0.25, 0.3) is 0 Å². The van der Waals surface area contributed by atoms with E-state index in [0.29, 0.717) is 0 Å². The second kappa shape index (κ2) is 5.21. The van der Waals surface area contributed by atoms with Crippen LogP contribution in [0.4, 0.5) is 0 Å². The summed E-state index contributed by atoms with van der Waals surface area (Å²) in [5.74, 6) is 0. The van der Waals surface area contributed by atoms with Gasteiger partial charge >= 0.3 is 0 Å². The van der Waals surface area contributed by atoms with E-state index in [9.17, 15) is 0 Å². The number of nitrogens with zero attached hydrogens (tertiary/aromatic N) is 1. The second-order valence-corrected chi connectivity index (χ2v) is 7.95. The van der Waals surface area contributed by atoms with Gasteiger partial charge < -0.3 is 0 Å². The molecule has 1 spiro atoms. The van der Waals surface area contributed by atoms with E-state index in [1.54, 1.807) is 0 Å². The van der Waals surface area contributed by atoms with Crippen LogP contribution < -0.4 is 0 Å². The fraction of sp³-hybridized carbons (Fsp3) is 0.0357. The van der Waals surface area contributed by atoms with Crippen LogP contribution in [-0.4, -0.2) is 4.98 Å². The van der Waals surface area contributed by atoms with E-state index in [4.69, 9.17) is 4.98 Å². The molecule has 2 aliphatic carbocycles. The maximum atomic E-state index is 4.82. The predicted octanol–water partition coefficient (Wildman–Crippen LogP) is 6.58. The number of fused-ring (bicyclic) bond motifs is 12. The van der Waals surface area contributed by atoms with E-state index in [1.165, 1.54) is 49.9 Å². The van der Waals surface area contributed by atoms with Crippen molar-refractivity contribution in [2.75, 3.05) is 0 Å². The van der Waals surface area contributed by atoms with Gasteiger partial charge in [0.1, 0.15) is 0 Å². The van der Waals surface area contributed by atoms with Gasteiger partial charge in [0.15, 0.2) is 0 Å². The standard InChI is InChI=1S/C28H17N/c1-5-13-23-18(9-1)19-10-2-6-14-24(19)28(23)25-15-7-3-11-20(25)22-17-29-26-16-8-4-12-21(26)27(22)28/h1-17H. The average molecular weight is 367 g/mol. The van der Waals surface area contributed by atoms with E-state index in [0.717, 1.165) is 5.52 Å². The summed E-state index contributed by atoms with van der Waals surface area (Å²) in [5, 5.41) is 1.24. The van der Waals surface area contributed by atoms with Crippen LogP contribution in [-0.2, 0) is 5.41 Å². The van der Waals surface area contributed by atoms with Crippen molar-refractivity contribution in [1.82, 2.24) is 4.98 Å². The Balaban J connectivity index is 1.79. The third-order valence-corrected chi connectivity index (χ3v) is 6.72. The summed E-state index contributed by atoms with van der Waals surface area (Å²) in [6, 6.07) is 35.3. The highest BCUT2D eigenvalue weighted by Crippen LogP contribution is 2.63. The maximum Gasteiger partial charge on any atom is 0.0732 e. The molecule has 1 heterocycles. The molecule has 4 aromatic carbocycles. The van der Waals surface area contributed by atoms with Crippen LogP contribution in [0.15, 0.2) is 103 Å². The van der Waals surface area contributed by atoms with Gasteiger partial charge in [-0.1, -0.05) is 91.0 Å². The Labute approximate surface area is 169 Å². The molecule has 29 heavy (non-hydrogen) atoms. The van der Waals surface area contributed by atoms with E-state index >= 15 is 0 Å². The number of pyridine rings is 1. The van der Waals surface area contributed by atoms with Crippen LogP contribution in [0.1, 0.15) is 22.3 Å². The van der Waals surface area contributed by atoms with E-state index in [-0.39, 0.29) is 5.41 Å². The van der Waals surface area contributed by atoms with Crippen molar-refractivity contribution in [3.8, 4) is 22.3 Å². The normalized spacial score (nSPS) is 14.5. The summed E-state index contributed by atoms with van der Waals surface area (Å²) in [6.07, 6.45) is 2.08. The molecule has 0 unspecified atom stereocenters. The van der Waals surface area contributed by atoms with Crippen LogP contribution in [0.2, 0.25) is 0 Å². The first kappa shape index (κ1) is 15.2. The largest absolute Gasteiger partial charge is 0.256 e. The van der Waals surface area contributed by atoms with Crippen LogP contribution in [0.5, 0.6) is 0 Å². The smallest absolute Gasteiger partial charge is 0.0732 e. The second-order valence-electron chi connectivity index (χ2n) is 7.95. The molecule has 0 amide bonds. The summed E-state index contributed by atoms with van der Waals surface area (Å²) >= 11 is 0. The molecule has 0 aliphatic heterocycles. The lowest BCUT2D eigenvalue weighted by atomic mass is 9.70. The molecule has 5 aromatic rings. The minimum atomic E-state index is -0.290. The van der Waals surface area contributed by atoms with Crippen molar-refractivity contribution < 1.29 is 0 Å². The number of para-hydroxylation sites is 1. The quantitative estimate of drug-likeness (QED) is 0.295. The first-order valence-corrected chi connectivity index (χ1v) is 10.1. The minimum Gasteiger partial charge on any atom is -0.256 e. The average Bonchev–Trinajstić information content (AvgIpc) is 3.27. The molecule has 7 rings (SSSR count). The summed E-state index contributed by atoms with van der Waals surface area (Å²) in [5.41, 5.74) is 11.5. The molecule has 0 fully saturated rings. The lowest BCUT2D eigenvalue weighted by Gasteiger charge is -2.31. The van der Waals surface area contributed by atoms with Crippen molar-refractivity contribution >= 4 is 10.9 Å². The molecule has 2 aliphatic rings. The van der Waals surface area contributed by atoms with Crippen LogP contribution in [0.3, 0.4) is 0 Å². The maximum absolute atomic E-state index is 4.82. The Morgan fingerprint density at radius 1 is 0.483 bits per heavy atom. The van der Waals surface area contributed by atoms with Crippen LogP contribution in [0.25, 0.3) is 33.2 Å². The summed E-state index contributed by atoms with van der Waals surface area (Å²) in [6.45, 7) is 0. The zero-order valence-electron chi connectivity index (χ0n) is 15.8. The first-order valence-electron chi connectivity index (χ1n) is 10.1. The lowest BCUT2D eigenvalue weighted by molar-refractivity contribution is 0.800. The third kappa shape index (κ3) is 1.66. The predicted molar refractivity (Wildman–Crippen MR) is 118 cm³/mol. The highest BCUT2D eigenvalue weighted by atomic mass is 14.7. The van der Waals surface area contributed by atoms with Gasteiger partial charge in [-0.3, -0.25) is 4.98 Å².